The Hall–Kier alpha value is -0.260. The van der Waals surface area contributed by atoms with Gasteiger partial charge in [0.2, 0.25) is 0 Å². The van der Waals surface area contributed by atoms with Crippen molar-refractivity contribution in [1.29, 1.82) is 0 Å². The molecule has 0 saturated carbocycles. The van der Waals surface area contributed by atoms with Crippen molar-refractivity contribution >= 4 is 17.7 Å². The monoisotopic (exact) mass is 179 g/mol. The molecule has 0 amide bonds. The average Bonchev–Trinajstić information content (AvgIpc) is 1.97. The van der Waals surface area contributed by atoms with E-state index in [0.29, 0.717) is 12.4 Å². The molecule has 0 rings (SSSR count). The standard InChI is InChI=1S/C6H13NO3S/c1-10-4-11-3-2-5(7)6(8)9/h5H,2-4,7H2,1H3,(H,8,9). The summed E-state index contributed by atoms with van der Waals surface area (Å²) in [5.74, 6) is 0.371. The summed E-state index contributed by atoms with van der Waals surface area (Å²) in [6, 6.07) is -0.737. The first-order chi connectivity index (χ1) is 5.18. The van der Waals surface area contributed by atoms with Crippen molar-refractivity contribution in [3.05, 3.63) is 0 Å². The second kappa shape index (κ2) is 6.45. The van der Waals surface area contributed by atoms with Crippen LogP contribution in [-0.4, -0.2) is 35.9 Å². The largest absolute Gasteiger partial charge is 0.480 e. The van der Waals surface area contributed by atoms with Gasteiger partial charge in [-0.25, -0.2) is 0 Å². The maximum Gasteiger partial charge on any atom is 0.320 e. The van der Waals surface area contributed by atoms with Gasteiger partial charge in [0.25, 0.3) is 0 Å². The molecule has 0 aliphatic carbocycles. The molecular weight excluding hydrogens is 166 g/mol. The molecule has 0 heterocycles. The van der Waals surface area contributed by atoms with Crippen LogP contribution in [-0.2, 0) is 9.53 Å². The summed E-state index contributed by atoms with van der Waals surface area (Å²) >= 11 is 1.53. The summed E-state index contributed by atoms with van der Waals surface area (Å²) in [5, 5.41) is 8.37. The van der Waals surface area contributed by atoms with Crippen molar-refractivity contribution < 1.29 is 14.6 Å². The predicted octanol–water partition coefficient (Wildman–Crippen LogP) is 0.126. The van der Waals surface area contributed by atoms with Crippen LogP contribution in [0.5, 0.6) is 0 Å². The van der Waals surface area contributed by atoms with Crippen LogP contribution >= 0.6 is 11.8 Å². The van der Waals surface area contributed by atoms with Crippen LogP contribution in [0.4, 0.5) is 0 Å². The van der Waals surface area contributed by atoms with Crippen molar-refractivity contribution in [2.75, 3.05) is 18.8 Å². The van der Waals surface area contributed by atoms with Gasteiger partial charge in [-0.3, -0.25) is 4.79 Å². The number of nitrogens with two attached hydrogens (primary N) is 1. The first-order valence-corrected chi connectivity index (χ1v) is 4.39. The maximum absolute atomic E-state index is 10.2. The number of ether oxygens (including phenoxy) is 1. The molecule has 0 spiro atoms. The minimum absolute atomic E-state index is 0.489. The van der Waals surface area contributed by atoms with Gasteiger partial charge in [-0.05, 0) is 12.2 Å². The van der Waals surface area contributed by atoms with Crippen LogP contribution in [0, 0.1) is 0 Å². The maximum atomic E-state index is 10.2. The highest BCUT2D eigenvalue weighted by molar-refractivity contribution is 7.99. The third-order valence-electron chi connectivity index (χ3n) is 1.09. The molecule has 5 heteroatoms. The molecule has 4 nitrogen and oxygen atoms in total. The highest BCUT2D eigenvalue weighted by atomic mass is 32.2. The topological polar surface area (TPSA) is 72.5 Å². The SMILES string of the molecule is COCSCCC(N)C(=O)O. The smallest absolute Gasteiger partial charge is 0.320 e. The summed E-state index contributed by atoms with van der Waals surface area (Å²) in [7, 11) is 1.60. The van der Waals surface area contributed by atoms with Crippen molar-refractivity contribution in [1.82, 2.24) is 0 Å². The lowest BCUT2D eigenvalue weighted by Gasteiger charge is -2.04. The highest BCUT2D eigenvalue weighted by Gasteiger charge is 2.09. The zero-order valence-electron chi connectivity index (χ0n) is 6.45. The normalized spacial score (nSPS) is 12.9. The van der Waals surface area contributed by atoms with Crippen molar-refractivity contribution in [3.8, 4) is 0 Å². The fraction of sp³-hybridized carbons (Fsp3) is 0.833. The first kappa shape index (κ1) is 10.7. The van der Waals surface area contributed by atoms with Gasteiger partial charge in [-0.15, -0.1) is 11.8 Å². The molecule has 1 atom stereocenters. The number of carbonyl (C=O) groups is 1. The fourth-order valence-electron chi connectivity index (χ4n) is 0.476. The minimum Gasteiger partial charge on any atom is -0.480 e. The third kappa shape index (κ3) is 6.15. The van der Waals surface area contributed by atoms with Crippen LogP contribution < -0.4 is 5.73 Å². The molecule has 0 aromatic heterocycles. The molecule has 0 aliphatic heterocycles. The molecule has 1 unspecified atom stereocenters. The van der Waals surface area contributed by atoms with Crippen molar-refractivity contribution in [2.45, 2.75) is 12.5 Å². The summed E-state index contributed by atoms with van der Waals surface area (Å²) < 4.78 is 4.76. The number of aliphatic carboxylic acids is 1. The molecule has 0 bridgehead atoms. The van der Waals surface area contributed by atoms with E-state index in [1.54, 1.807) is 7.11 Å². The molecule has 3 N–H and O–H groups in total. The number of carboxylic acid groups (broad SMARTS) is 1. The van der Waals surface area contributed by atoms with Crippen LogP contribution in [0.1, 0.15) is 6.42 Å². The first-order valence-electron chi connectivity index (χ1n) is 3.23. The molecule has 11 heavy (non-hydrogen) atoms. The molecular formula is C6H13NO3S. The Bertz CT molecular complexity index is 120. The number of hydrogen-bond donors (Lipinski definition) is 2. The van der Waals surface area contributed by atoms with E-state index in [9.17, 15) is 4.79 Å². The van der Waals surface area contributed by atoms with Gasteiger partial charge < -0.3 is 15.6 Å². The molecule has 0 fully saturated rings. The van der Waals surface area contributed by atoms with Gasteiger partial charge in [-0.1, -0.05) is 0 Å². The van der Waals surface area contributed by atoms with E-state index in [1.165, 1.54) is 11.8 Å². The van der Waals surface area contributed by atoms with Gasteiger partial charge in [-0.2, -0.15) is 0 Å². The van der Waals surface area contributed by atoms with Crippen LogP contribution in [0.25, 0.3) is 0 Å². The van der Waals surface area contributed by atoms with Crippen LogP contribution in [0.3, 0.4) is 0 Å². The lowest BCUT2D eigenvalue weighted by atomic mass is 10.2. The molecule has 66 valence electrons. The lowest BCUT2D eigenvalue weighted by Crippen LogP contribution is -2.30. The fourth-order valence-corrected chi connectivity index (χ4v) is 1.18. The van der Waals surface area contributed by atoms with Crippen LogP contribution in [0.15, 0.2) is 0 Å². The predicted molar refractivity (Wildman–Crippen MR) is 44.6 cm³/mol. The Morgan fingerprint density at radius 3 is 2.91 bits per heavy atom. The summed E-state index contributed by atoms with van der Waals surface area (Å²) in [6.45, 7) is 0. The van der Waals surface area contributed by atoms with Gasteiger partial charge in [0.05, 0.1) is 5.94 Å². The summed E-state index contributed by atoms with van der Waals surface area (Å²) in [6.07, 6.45) is 0.489. The number of methoxy groups -OCH3 is 1. The number of rotatable bonds is 6. The van der Waals surface area contributed by atoms with Gasteiger partial charge >= 0.3 is 5.97 Å². The molecule has 0 saturated heterocycles. The highest BCUT2D eigenvalue weighted by Crippen LogP contribution is 2.03. The number of hydrogen-bond acceptors (Lipinski definition) is 4. The van der Waals surface area contributed by atoms with E-state index in [0.717, 1.165) is 5.75 Å². The average molecular weight is 179 g/mol. The Kier molecular flexibility index (Phi) is 6.30. The van der Waals surface area contributed by atoms with E-state index < -0.39 is 12.0 Å². The molecule has 0 aromatic rings. The van der Waals surface area contributed by atoms with E-state index >= 15 is 0 Å². The van der Waals surface area contributed by atoms with Crippen molar-refractivity contribution in [3.63, 3.8) is 0 Å². The van der Waals surface area contributed by atoms with Gasteiger partial charge in [0.1, 0.15) is 6.04 Å². The van der Waals surface area contributed by atoms with E-state index in [4.69, 9.17) is 15.6 Å². The lowest BCUT2D eigenvalue weighted by molar-refractivity contribution is -0.138. The van der Waals surface area contributed by atoms with Crippen molar-refractivity contribution in [2.24, 2.45) is 5.73 Å². The Labute approximate surface area is 70.1 Å². The summed E-state index contributed by atoms with van der Waals surface area (Å²) in [5.41, 5.74) is 5.25. The quantitative estimate of drug-likeness (QED) is 0.448. The van der Waals surface area contributed by atoms with E-state index in [-0.39, 0.29) is 0 Å². The molecule has 0 radical (unpaired) electrons. The zero-order valence-corrected chi connectivity index (χ0v) is 7.26. The molecule has 0 aliphatic rings. The second-order valence-corrected chi connectivity index (χ2v) is 3.10. The Balaban J connectivity index is 3.17. The number of carboxylic acids is 1. The van der Waals surface area contributed by atoms with Gasteiger partial charge in [0, 0.05) is 7.11 Å². The van der Waals surface area contributed by atoms with E-state index in [2.05, 4.69) is 0 Å². The van der Waals surface area contributed by atoms with E-state index in [1.807, 2.05) is 0 Å². The summed E-state index contributed by atoms with van der Waals surface area (Å²) in [4.78, 5) is 10.2. The van der Waals surface area contributed by atoms with Crippen LogP contribution in [0.2, 0.25) is 0 Å². The second-order valence-electron chi connectivity index (χ2n) is 2.05. The zero-order chi connectivity index (χ0) is 8.69. The van der Waals surface area contributed by atoms with Gasteiger partial charge in [0.15, 0.2) is 0 Å². The molecule has 0 aromatic carbocycles. The Morgan fingerprint density at radius 2 is 2.45 bits per heavy atom. The number of thioether (sulfide) groups is 1. The minimum atomic E-state index is -0.942. The third-order valence-corrected chi connectivity index (χ3v) is 2.02. The Morgan fingerprint density at radius 1 is 1.82 bits per heavy atom.